The molecule has 3 N–H and O–H groups in total. The molecule has 0 unspecified atom stereocenters. The maximum Gasteiger partial charge on any atom is 0.412 e. The molecule has 20 heavy (non-hydrogen) atoms. The molecule has 1 amide bonds. The Morgan fingerprint density at radius 2 is 1.95 bits per heavy atom. The molecule has 1 aromatic rings. The molecule has 0 fully saturated rings. The highest BCUT2D eigenvalue weighted by Crippen LogP contribution is 2.22. The smallest absolute Gasteiger partial charge is 0.412 e. The summed E-state index contributed by atoms with van der Waals surface area (Å²) < 4.78 is 5.26. The highest BCUT2D eigenvalue weighted by Gasteiger charge is 2.17. The zero-order valence-electron chi connectivity index (χ0n) is 12.9. The van der Waals surface area contributed by atoms with E-state index in [4.69, 9.17) is 10.6 Å². The third-order valence-electron chi connectivity index (χ3n) is 2.87. The molecule has 112 valence electrons. The summed E-state index contributed by atoms with van der Waals surface area (Å²) in [5.41, 5.74) is 3.42. The minimum absolute atomic E-state index is 0.439. The molecule has 0 saturated heterocycles. The van der Waals surface area contributed by atoms with Gasteiger partial charge in [-0.05, 0) is 63.8 Å². The van der Waals surface area contributed by atoms with E-state index in [1.807, 2.05) is 40.7 Å². The Morgan fingerprint density at radius 3 is 2.50 bits per heavy atom. The second-order valence-electron chi connectivity index (χ2n) is 5.83. The molecule has 0 aliphatic heterocycles. The topological polar surface area (TPSA) is 73.6 Å². The minimum Gasteiger partial charge on any atom is -0.444 e. The average Bonchev–Trinajstić information content (AvgIpc) is 2.30. The third-order valence-corrected chi connectivity index (χ3v) is 2.87. The number of ether oxygens (including phenoxy) is 1. The molecule has 0 heterocycles. The first-order valence-electron chi connectivity index (χ1n) is 6.65. The maximum atomic E-state index is 11.8. The fraction of sp³-hybridized carbons (Fsp3) is 0.533. The van der Waals surface area contributed by atoms with Crippen molar-refractivity contribution in [3.05, 3.63) is 28.8 Å². The van der Waals surface area contributed by atoms with E-state index in [1.165, 1.54) is 0 Å². The van der Waals surface area contributed by atoms with Gasteiger partial charge in [0, 0.05) is 5.69 Å². The van der Waals surface area contributed by atoms with Crippen molar-refractivity contribution in [1.29, 1.82) is 0 Å². The summed E-state index contributed by atoms with van der Waals surface area (Å²) in [6.07, 6.45) is 0.243. The second kappa shape index (κ2) is 6.72. The van der Waals surface area contributed by atoms with Gasteiger partial charge in [0.05, 0.1) is 6.61 Å². The van der Waals surface area contributed by atoms with Crippen LogP contribution >= 0.6 is 0 Å². The standard InChI is InChI=1S/C15H24N2O3/c1-10-8-12(6-7-19-16)9-13(11(10)2)17-14(18)20-15(3,4)5/h8-9H,6-7,16H2,1-5H3,(H,17,18). The van der Waals surface area contributed by atoms with Crippen molar-refractivity contribution in [2.24, 2.45) is 5.90 Å². The van der Waals surface area contributed by atoms with Crippen molar-refractivity contribution in [3.8, 4) is 0 Å². The summed E-state index contributed by atoms with van der Waals surface area (Å²) in [4.78, 5) is 16.4. The molecular weight excluding hydrogens is 256 g/mol. The van der Waals surface area contributed by atoms with E-state index in [0.717, 1.165) is 22.4 Å². The van der Waals surface area contributed by atoms with Crippen LogP contribution in [0.3, 0.4) is 0 Å². The van der Waals surface area contributed by atoms with Gasteiger partial charge in [0.1, 0.15) is 5.60 Å². The van der Waals surface area contributed by atoms with Crippen LogP contribution in [-0.2, 0) is 16.0 Å². The molecular formula is C15H24N2O3. The monoisotopic (exact) mass is 280 g/mol. The number of anilines is 1. The molecule has 0 aliphatic carbocycles. The van der Waals surface area contributed by atoms with E-state index in [9.17, 15) is 4.79 Å². The molecule has 0 atom stereocenters. The quantitative estimate of drug-likeness (QED) is 0.831. The first kappa shape index (κ1) is 16.5. The molecule has 0 aliphatic rings. The van der Waals surface area contributed by atoms with Crippen LogP contribution in [0.25, 0.3) is 0 Å². The van der Waals surface area contributed by atoms with Crippen LogP contribution in [0.4, 0.5) is 10.5 Å². The fourth-order valence-corrected chi connectivity index (χ4v) is 1.80. The molecule has 0 radical (unpaired) electrons. The number of aryl methyl sites for hydroxylation is 1. The van der Waals surface area contributed by atoms with Crippen LogP contribution in [0.15, 0.2) is 12.1 Å². The second-order valence-corrected chi connectivity index (χ2v) is 5.83. The Morgan fingerprint density at radius 1 is 1.30 bits per heavy atom. The Balaban J connectivity index is 2.88. The molecule has 0 bridgehead atoms. The predicted molar refractivity (Wildman–Crippen MR) is 79.6 cm³/mol. The third kappa shape index (κ3) is 5.19. The molecule has 1 rings (SSSR count). The number of nitrogens with two attached hydrogens (primary N) is 1. The van der Waals surface area contributed by atoms with Gasteiger partial charge >= 0.3 is 6.09 Å². The van der Waals surface area contributed by atoms with Gasteiger partial charge in [-0.15, -0.1) is 0 Å². The molecule has 0 saturated carbocycles. The summed E-state index contributed by atoms with van der Waals surface area (Å²) in [5.74, 6) is 5.04. The zero-order chi connectivity index (χ0) is 15.3. The first-order valence-corrected chi connectivity index (χ1v) is 6.65. The van der Waals surface area contributed by atoms with Crippen molar-refractivity contribution in [2.45, 2.75) is 46.6 Å². The van der Waals surface area contributed by atoms with Gasteiger partial charge in [0.25, 0.3) is 0 Å². The summed E-state index contributed by atoms with van der Waals surface area (Å²) in [6, 6.07) is 3.99. The van der Waals surface area contributed by atoms with E-state index in [1.54, 1.807) is 0 Å². The van der Waals surface area contributed by atoms with Gasteiger partial charge < -0.3 is 9.57 Å². The molecule has 5 heteroatoms. The van der Waals surface area contributed by atoms with Crippen molar-refractivity contribution in [2.75, 3.05) is 11.9 Å². The van der Waals surface area contributed by atoms with Crippen molar-refractivity contribution in [1.82, 2.24) is 0 Å². The largest absolute Gasteiger partial charge is 0.444 e. The minimum atomic E-state index is -0.516. The van der Waals surface area contributed by atoms with Gasteiger partial charge in [-0.2, -0.15) is 0 Å². The van der Waals surface area contributed by atoms with E-state index in [2.05, 4.69) is 16.2 Å². The van der Waals surface area contributed by atoms with Crippen LogP contribution in [0.2, 0.25) is 0 Å². The first-order chi connectivity index (χ1) is 9.23. The molecule has 0 aromatic heterocycles. The van der Waals surface area contributed by atoms with E-state index in [0.29, 0.717) is 13.0 Å². The zero-order valence-corrected chi connectivity index (χ0v) is 12.9. The van der Waals surface area contributed by atoms with Gasteiger partial charge in [-0.25, -0.2) is 10.7 Å². The Kier molecular flexibility index (Phi) is 5.53. The van der Waals surface area contributed by atoms with Gasteiger partial charge in [-0.1, -0.05) is 6.07 Å². The highest BCUT2D eigenvalue weighted by molar-refractivity contribution is 5.86. The number of hydrogen-bond donors (Lipinski definition) is 2. The highest BCUT2D eigenvalue weighted by atomic mass is 16.6. The molecule has 0 spiro atoms. The maximum absolute atomic E-state index is 11.8. The van der Waals surface area contributed by atoms with Crippen LogP contribution in [-0.4, -0.2) is 18.3 Å². The number of benzene rings is 1. The average molecular weight is 280 g/mol. The van der Waals surface area contributed by atoms with Crippen LogP contribution < -0.4 is 11.2 Å². The number of amides is 1. The van der Waals surface area contributed by atoms with E-state index >= 15 is 0 Å². The molecule has 1 aromatic carbocycles. The van der Waals surface area contributed by atoms with Gasteiger partial charge in [0.15, 0.2) is 0 Å². The normalized spacial score (nSPS) is 11.3. The van der Waals surface area contributed by atoms with Crippen LogP contribution in [0, 0.1) is 13.8 Å². The van der Waals surface area contributed by atoms with Gasteiger partial charge in [-0.3, -0.25) is 5.32 Å². The lowest BCUT2D eigenvalue weighted by atomic mass is 10.0. The summed E-state index contributed by atoms with van der Waals surface area (Å²) in [5, 5.41) is 2.79. The van der Waals surface area contributed by atoms with Crippen molar-refractivity contribution < 1.29 is 14.4 Å². The summed E-state index contributed by atoms with van der Waals surface area (Å²) in [6.45, 7) is 9.90. The number of carbonyl (C=O) groups is 1. The Bertz CT molecular complexity index is 479. The predicted octanol–water partition coefficient (Wildman–Crippen LogP) is 3.08. The number of rotatable bonds is 4. The van der Waals surface area contributed by atoms with E-state index < -0.39 is 11.7 Å². The van der Waals surface area contributed by atoms with E-state index in [-0.39, 0.29) is 0 Å². The van der Waals surface area contributed by atoms with Crippen LogP contribution in [0.1, 0.15) is 37.5 Å². The SMILES string of the molecule is Cc1cc(CCON)cc(NC(=O)OC(C)(C)C)c1C. The summed E-state index contributed by atoms with van der Waals surface area (Å²) >= 11 is 0. The lowest BCUT2D eigenvalue weighted by Gasteiger charge is -2.21. The Labute approximate surface area is 120 Å². The number of hydrogen-bond acceptors (Lipinski definition) is 4. The Hall–Kier alpha value is -1.59. The number of nitrogens with one attached hydrogen (secondary N) is 1. The van der Waals surface area contributed by atoms with Gasteiger partial charge in [0.2, 0.25) is 0 Å². The van der Waals surface area contributed by atoms with Crippen molar-refractivity contribution in [3.63, 3.8) is 0 Å². The summed E-state index contributed by atoms with van der Waals surface area (Å²) in [7, 11) is 0. The van der Waals surface area contributed by atoms with Crippen molar-refractivity contribution >= 4 is 11.8 Å². The number of carbonyl (C=O) groups excluding carboxylic acids is 1. The van der Waals surface area contributed by atoms with Crippen LogP contribution in [0.5, 0.6) is 0 Å². The lowest BCUT2D eigenvalue weighted by Crippen LogP contribution is -2.27. The molecule has 5 nitrogen and oxygen atoms in total. The fourth-order valence-electron chi connectivity index (χ4n) is 1.80. The lowest BCUT2D eigenvalue weighted by molar-refractivity contribution is 0.0636.